The van der Waals surface area contributed by atoms with Crippen molar-refractivity contribution in [3.05, 3.63) is 80.5 Å². The molecule has 0 bridgehead atoms. The smallest absolute Gasteiger partial charge is 0.322 e. The average Bonchev–Trinajstić information content (AvgIpc) is 3.19. The number of hydrogen-bond acceptors (Lipinski definition) is 3. The van der Waals surface area contributed by atoms with Gasteiger partial charge < -0.3 is 15.0 Å². The number of halogens is 2. The van der Waals surface area contributed by atoms with Crippen LogP contribution >= 0.6 is 11.3 Å². The van der Waals surface area contributed by atoms with Gasteiger partial charge in [0.1, 0.15) is 17.4 Å². The number of carbonyl (C=O) groups excluding carboxylic acids is 1. The van der Waals surface area contributed by atoms with E-state index in [1.165, 1.54) is 39.8 Å². The minimum atomic E-state index is -0.795. The van der Waals surface area contributed by atoms with E-state index in [4.69, 9.17) is 4.74 Å². The summed E-state index contributed by atoms with van der Waals surface area (Å²) in [5.74, 6) is -0.766. The van der Waals surface area contributed by atoms with E-state index >= 15 is 0 Å². The number of nitrogens with one attached hydrogen (secondary N) is 1. The highest BCUT2D eigenvalue weighted by molar-refractivity contribution is 7.12. The van der Waals surface area contributed by atoms with Gasteiger partial charge in [-0.05, 0) is 61.4 Å². The maximum absolute atomic E-state index is 14.2. The standard InChI is InChI=1S/C25H24F2N2O2S/c1-31-21-8-4-2-7-18(21)23-24-17(16-6-3-5-9-22(16)32-24)12-13-29(23)25(30)28-20-11-10-15(26)14-19(20)27/h2,4,7-8,10-11,14,23H,3,5-6,9,12-13H2,1H3,(H,28,30)/t23-/m0/s1. The van der Waals surface area contributed by atoms with E-state index < -0.39 is 17.7 Å². The van der Waals surface area contributed by atoms with Gasteiger partial charge in [-0.2, -0.15) is 0 Å². The van der Waals surface area contributed by atoms with E-state index in [-0.39, 0.29) is 11.7 Å². The molecule has 2 aromatic carbocycles. The summed E-state index contributed by atoms with van der Waals surface area (Å²) in [7, 11) is 1.63. The fourth-order valence-electron chi connectivity index (χ4n) is 4.85. The zero-order chi connectivity index (χ0) is 22.2. The summed E-state index contributed by atoms with van der Waals surface area (Å²) in [5, 5.41) is 2.65. The molecule has 0 fully saturated rings. The van der Waals surface area contributed by atoms with Gasteiger partial charge in [-0.25, -0.2) is 13.6 Å². The van der Waals surface area contributed by atoms with Gasteiger partial charge in [-0.1, -0.05) is 18.2 Å². The molecule has 0 spiro atoms. The zero-order valence-corrected chi connectivity index (χ0v) is 18.6. The van der Waals surface area contributed by atoms with Crippen molar-refractivity contribution in [2.45, 2.75) is 38.1 Å². The third-order valence-corrected chi connectivity index (χ3v) is 7.73. The van der Waals surface area contributed by atoms with Crippen molar-refractivity contribution in [1.29, 1.82) is 0 Å². The predicted octanol–water partition coefficient (Wildman–Crippen LogP) is 6.09. The molecular formula is C25H24F2N2O2S. The molecule has 32 heavy (non-hydrogen) atoms. The van der Waals surface area contributed by atoms with Crippen molar-refractivity contribution in [1.82, 2.24) is 4.90 Å². The second kappa shape index (κ2) is 8.54. The Balaban J connectivity index is 1.57. The summed E-state index contributed by atoms with van der Waals surface area (Å²) in [6.07, 6.45) is 5.33. The van der Waals surface area contributed by atoms with Crippen molar-refractivity contribution in [2.24, 2.45) is 0 Å². The van der Waals surface area contributed by atoms with Crippen LogP contribution in [0.25, 0.3) is 0 Å². The molecule has 0 radical (unpaired) electrons. The van der Waals surface area contributed by atoms with Crippen LogP contribution in [0.5, 0.6) is 5.75 Å². The molecule has 1 aliphatic carbocycles. The van der Waals surface area contributed by atoms with Crippen molar-refractivity contribution < 1.29 is 18.3 Å². The van der Waals surface area contributed by atoms with Crippen LogP contribution in [0, 0.1) is 11.6 Å². The number of anilines is 1. The highest BCUT2D eigenvalue weighted by Crippen LogP contribution is 2.46. The monoisotopic (exact) mass is 454 g/mol. The highest BCUT2D eigenvalue weighted by atomic mass is 32.1. The summed E-state index contributed by atoms with van der Waals surface area (Å²) < 4.78 is 33.2. The van der Waals surface area contributed by atoms with Gasteiger partial charge in [0.25, 0.3) is 0 Å². The number of amides is 2. The van der Waals surface area contributed by atoms with Crippen LogP contribution in [-0.4, -0.2) is 24.6 Å². The van der Waals surface area contributed by atoms with Crippen LogP contribution in [0.4, 0.5) is 19.3 Å². The topological polar surface area (TPSA) is 41.6 Å². The SMILES string of the molecule is COc1ccccc1[C@H]1c2sc3c(c2CCN1C(=O)Nc1ccc(F)cc1F)CCCC3. The Labute approximate surface area is 189 Å². The number of aryl methyl sites for hydroxylation is 1. The van der Waals surface area contributed by atoms with Gasteiger partial charge in [0.15, 0.2) is 0 Å². The lowest BCUT2D eigenvalue weighted by Gasteiger charge is -2.37. The fourth-order valence-corrected chi connectivity index (χ4v) is 6.42. The number of nitrogens with zero attached hydrogens (tertiary/aromatic N) is 1. The molecule has 4 nitrogen and oxygen atoms in total. The first-order chi connectivity index (χ1) is 15.6. The average molecular weight is 455 g/mol. The van der Waals surface area contributed by atoms with Gasteiger partial charge in [0.2, 0.25) is 0 Å². The molecule has 2 amide bonds. The highest BCUT2D eigenvalue weighted by Gasteiger charge is 2.38. The summed E-state index contributed by atoms with van der Waals surface area (Å²) >= 11 is 1.79. The number of thiophene rings is 1. The number of hydrogen-bond donors (Lipinski definition) is 1. The van der Waals surface area contributed by atoms with Crippen LogP contribution in [0.3, 0.4) is 0 Å². The van der Waals surface area contributed by atoms with Crippen molar-refractivity contribution >= 4 is 23.1 Å². The maximum atomic E-state index is 14.2. The van der Waals surface area contributed by atoms with Gasteiger partial charge in [0, 0.05) is 27.9 Å². The lowest BCUT2D eigenvalue weighted by atomic mass is 9.88. The number of ether oxygens (including phenoxy) is 1. The second-order valence-corrected chi connectivity index (χ2v) is 9.33. The van der Waals surface area contributed by atoms with Crippen molar-refractivity contribution in [3.63, 3.8) is 0 Å². The first kappa shape index (κ1) is 20.9. The second-order valence-electron chi connectivity index (χ2n) is 8.20. The molecule has 5 rings (SSSR count). The Hall–Kier alpha value is -2.93. The number of fused-ring (bicyclic) bond motifs is 3. The summed E-state index contributed by atoms with van der Waals surface area (Å²) in [5.41, 5.74) is 3.69. The van der Waals surface area contributed by atoms with Crippen LogP contribution < -0.4 is 10.1 Å². The first-order valence-electron chi connectivity index (χ1n) is 10.9. The molecule has 1 aromatic heterocycles. The van der Waals surface area contributed by atoms with E-state index in [2.05, 4.69) is 5.32 Å². The van der Waals surface area contributed by atoms with Crippen LogP contribution in [0.15, 0.2) is 42.5 Å². The molecule has 2 aliphatic rings. The van der Waals surface area contributed by atoms with E-state index in [0.717, 1.165) is 37.0 Å². The molecular weight excluding hydrogens is 430 g/mol. The number of urea groups is 1. The van der Waals surface area contributed by atoms with Gasteiger partial charge in [-0.15, -0.1) is 11.3 Å². The Morgan fingerprint density at radius 3 is 2.72 bits per heavy atom. The Morgan fingerprint density at radius 2 is 1.91 bits per heavy atom. The van der Waals surface area contributed by atoms with Gasteiger partial charge in [0.05, 0.1) is 18.8 Å². The van der Waals surface area contributed by atoms with Crippen molar-refractivity contribution in [2.75, 3.05) is 19.0 Å². The lowest BCUT2D eigenvalue weighted by molar-refractivity contribution is 0.194. The Kier molecular flexibility index (Phi) is 5.59. The van der Waals surface area contributed by atoms with Crippen LogP contribution in [-0.2, 0) is 19.3 Å². The van der Waals surface area contributed by atoms with Gasteiger partial charge >= 0.3 is 6.03 Å². The number of carbonyl (C=O) groups is 1. The molecule has 0 saturated carbocycles. The quantitative estimate of drug-likeness (QED) is 0.520. The fraction of sp³-hybridized carbons (Fsp3) is 0.320. The predicted molar refractivity (Wildman–Crippen MR) is 122 cm³/mol. The molecule has 0 saturated heterocycles. The lowest BCUT2D eigenvalue weighted by Crippen LogP contribution is -2.42. The van der Waals surface area contributed by atoms with Gasteiger partial charge in [-0.3, -0.25) is 0 Å². The number of benzene rings is 2. The zero-order valence-electron chi connectivity index (χ0n) is 17.8. The molecule has 1 N–H and O–H groups in total. The van der Waals surface area contributed by atoms with Crippen LogP contribution in [0.1, 0.15) is 45.3 Å². The minimum absolute atomic E-state index is 0.0357. The Bertz CT molecular complexity index is 1180. The maximum Gasteiger partial charge on any atom is 0.322 e. The van der Waals surface area contributed by atoms with Crippen LogP contribution in [0.2, 0.25) is 0 Å². The molecule has 1 aliphatic heterocycles. The normalized spacial score (nSPS) is 17.5. The van der Waals surface area contributed by atoms with E-state index in [9.17, 15) is 13.6 Å². The third-order valence-electron chi connectivity index (χ3n) is 6.34. The molecule has 3 aromatic rings. The summed E-state index contributed by atoms with van der Waals surface area (Å²) in [6.45, 7) is 0.507. The van der Waals surface area contributed by atoms with E-state index in [0.29, 0.717) is 12.3 Å². The minimum Gasteiger partial charge on any atom is -0.496 e. The molecule has 7 heteroatoms. The summed E-state index contributed by atoms with van der Waals surface area (Å²) in [6, 6.07) is 10.1. The number of para-hydroxylation sites is 1. The molecule has 166 valence electrons. The largest absolute Gasteiger partial charge is 0.496 e. The number of rotatable bonds is 3. The van der Waals surface area contributed by atoms with E-state index in [1.54, 1.807) is 23.3 Å². The Morgan fingerprint density at radius 1 is 1.09 bits per heavy atom. The number of methoxy groups -OCH3 is 1. The first-order valence-corrected chi connectivity index (χ1v) is 11.7. The molecule has 0 unspecified atom stereocenters. The summed E-state index contributed by atoms with van der Waals surface area (Å²) in [4.78, 5) is 17.7. The third kappa shape index (κ3) is 3.64. The van der Waals surface area contributed by atoms with E-state index in [1.807, 2.05) is 24.3 Å². The molecule has 1 atom stereocenters. The molecule has 2 heterocycles. The van der Waals surface area contributed by atoms with Crippen molar-refractivity contribution in [3.8, 4) is 5.75 Å².